The van der Waals surface area contributed by atoms with Crippen LogP contribution in [0.5, 0.6) is 0 Å². The molecule has 2 aliphatic rings. The van der Waals surface area contributed by atoms with Gasteiger partial charge in [-0.1, -0.05) is 11.8 Å². The van der Waals surface area contributed by atoms with Crippen molar-refractivity contribution in [1.82, 2.24) is 29.4 Å². The molecule has 11 nitrogen and oxygen atoms in total. The molecule has 0 spiro atoms. The van der Waals surface area contributed by atoms with Crippen molar-refractivity contribution in [2.45, 2.75) is 90.5 Å². The zero-order valence-corrected chi connectivity index (χ0v) is 27.8. The summed E-state index contributed by atoms with van der Waals surface area (Å²) in [4.78, 5) is 42.0. The van der Waals surface area contributed by atoms with Crippen molar-refractivity contribution in [3.05, 3.63) is 59.2 Å². The summed E-state index contributed by atoms with van der Waals surface area (Å²) in [5.74, 6) is 19.9. The summed E-state index contributed by atoms with van der Waals surface area (Å²) in [7, 11) is 0. The standard InChI is InChI=1S/C36H41N7O4/c1-35(2,3)46-33(44)41-19-9-13-29(41)31-38-25-17-15-23(21-26(25)39-31)11-7-8-12-24-16-18-28-27(22-24)40-32(43(28)37)30-14-10-20-42(30)34(45)47-36(4,5)6/h15-18,21-22,29-30H,9-10,13-14,19-20,37H2,1-6H3,(H,38,39)/t29-,30-/m0/s1. The second kappa shape index (κ2) is 12.2. The maximum Gasteiger partial charge on any atom is 0.410 e. The molecule has 0 bridgehead atoms. The Morgan fingerprint density at radius 2 is 1.38 bits per heavy atom. The Balaban J connectivity index is 1.16. The van der Waals surface area contributed by atoms with Crippen LogP contribution in [0.2, 0.25) is 0 Å². The minimum absolute atomic E-state index is 0.154. The first-order valence-electron chi connectivity index (χ1n) is 16.0. The molecular formula is C36H41N7O4. The van der Waals surface area contributed by atoms with Gasteiger partial charge in [-0.05, 0) is 115 Å². The molecule has 2 aromatic heterocycles. The van der Waals surface area contributed by atoms with E-state index in [1.54, 1.807) is 14.5 Å². The third kappa shape index (κ3) is 7.00. The van der Waals surface area contributed by atoms with E-state index < -0.39 is 11.2 Å². The van der Waals surface area contributed by atoms with Gasteiger partial charge in [-0.3, -0.25) is 9.80 Å². The number of hydrogen-bond donors (Lipinski definition) is 2. The van der Waals surface area contributed by atoms with Crippen LogP contribution in [0.4, 0.5) is 9.59 Å². The predicted octanol–water partition coefficient (Wildman–Crippen LogP) is 6.17. The Bertz CT molecular complexity index is 1970. The number of hydrogen-bond acceptors (Lipinski definition) is 7. The first-order valence-corrected chi connectivity index (χ1v) is 16.0. The lowest BCUT2D eigenvalue weighted by Gasteiger charge is -2.28. The third-order valence-electron chi connectivity index (χ3n) is 8.07. The number of likely N-dealkylation sites (tertiary alicyclic amines) is 2. The van der Waals surface area contributed by atoms with E-state index in [1.165, 1.54) is 0 Å². The van der Waals surface area contributed by atoms with Crippen molar-refractivity contribution in [2.75, 3.05) is 18.9 Å². The molecule has 2 aromatic carbocycles. The Hall–Kier alpha value is -5.16. The van der Waals surface area contributed by atoms with Crippen molar-refractivity contribution in [2.24, 2.45) is 0 Å². The molecule has 2 saturated heterocycles. The van der Waals surface area contributed by atoms with Crippen LogP contribution in [0.25, 0.3) is 22.1 Å². The summed E-state index contributed by atoms with van der Waals surface area (Å²) in [6.45, 7) is 12.4. The maximum atomic E-state index is 12.8. The van der Waals surface area contributed by atoms with Crippen LogP contribution in [0.3, 0.4) is 0 Å². The maximum absolute atomic E-state index is 12.8. The average molecular weight is 636 g/mol. The van der Waals surface area contributed by atoms with Gasteiger partial charge in [-0.25, -0.2) is 24.2 Å². The number of benzene rings is 2. The van der Waals surface area contributed by atoms with Crippen LogP contribution in [0, 0.1) is 23.7 Å². The molecule has 4 aromatic rings. The quantitative estimate of drug-likeness (QED) is 0.199. The van der Waals surface area contributed by atoms with Crippen LogP contribution in [-0.2, 0) is 9.47 Å². The highest BCUT2D eigenvalue weighted by Crippen LogP contribution is 2.35. The number of fused-ring (bicyclic) bond motifs is 2. The molecule has 11 heteroatoms. The minimum atomic E-state index is -0.582. The number of nitrogens with one attached hydrogen (secondary N) is 1. The summed E-state index contributed by atoms with van der Waals surface area (Å²) < 4.78 is 12.8. The number of aromatic nitrogens is 4. The van der Waals surface area contributed by atoms with Crippen molar-refractivity contribution in [1.29, 1.82) is 0 Å². The Morgan fingerprint density at radius 3 is 2.02 bits per heavy atom. The SMILES string of the molecule is CC(C)(C)OC(=O)N1CCC[C@H]1c1nc2ccc(C#CC#Cc3ccc4c(c3)nc([C@@H]3CCCN3C(=O)OC(C)(C)C)n4N)cc2[nH]1. The molecule has 2 amide bonds. The zero-order valence-electron chi connectivity index (χ0n) is 27.8. The van der Waals surface area contributed by atoms with Gasteiger partial charge in [0.25, 0.3) is 0 Å². The van der Waals surface area contributed by atoms with Crippen LogP contribution in [-0.4, -0.2) is 65.9 Å². The fourth-order valence-electron chi connectivity index (χ4n) is 6.07. The summed E-state index contributed by atoms with van der Waals surface area (Å²) in [5.41, 5.74) is 3.53. The number of ether oxygens (including phenoxy) is 2. The number of H-pyrrole nitrogens is 1. The molecule has 47 heavy (non-hydrogen) atoms. The first-order chi connectivity index (χ1) is 22.3. The summed E-state index contributed by atoms with van der Waals surface area (Å²) in [6, 6.07) is 11.0. The third-order valence-corrected chi connectivity index (χ3v) is 8.07. The van der Waals surface area contributed by atoms with E-state index in [0.29, 0.717) is 24.4 Å². The highest BCUT2D eigenvalue weighted by atomic mass is 16.6. The summed E-state index contributed by atoms with van der Waals surface area (Å²) in [5, 5.41) is 0. The lowest BCUT2D eigenvalue weighted by atomic mass is 10.2. The average Bonchev–Trinajstić information content (AvgIpc) is 3.78. The molecule has 0 saturated carbocycles. The van der Waals surface area contributed by atoms with Crippen LogP contribution in [0.15, 0.2) is 36.4 Å². The number of carbonyl (C=O) groups excluding carboxylic acids is 2. The van der Waals surface area contributed by atoms with E-state index in [-0.39, 0.29) is 24.3 Å². The smallest absolute Gasteiger partial charge is 0.410 e. The number of nitrogens with two attached hydrogens (primary N) is 1. The second-order valence-corrected chi connectivity index (χ2v) is 14.1. The zero-order chi connectivity index (χ0) is 33.5. The van der Waals surface area contributed by atoms with Gasteiger partial charge in [0.15, 0.2) is 5.82 Å². The highest BCUT2D eigenvalue weighted by Gasteiger charge is 2.37. The van der Waals surface area contributed by atoms with Gasteiger partial charge >= 0.3 is 12.2 Å². The minimum Gasteiger partial charge on any atom is -0.444 e. The fourth-order valence-corrected chi connectivity index (χ4v) is 6.07. The van der Waals surface area contributed by atoms with Gasteiger partial charge in [-0.2, -0.15) is 0 Å². The van der Waals surface area contributed by atoms with Gasteiger partial charge in [0.2, 0.25) is 0 Å². The van der Waals surface area contributed by atoms with E-state index in [0.717, 1.165) is 59.2 Å². The summed E-state index contributed by atoms with van der Waals surface area (Å²) in [6.07, 6.45) is 2.66. The normalized spacial score (nSPS) is 18.2. The van der Waals surface area contributed by atoms with Crippen LogP contribution in [0.1, 0.15) is 102 Å². The van der Waals surface area contributed by atoms with Gasteiger partial charge in [0.1, 0.15) is 17.0 Å². The number of rotatable bonds is 2. The molecule has 0 unspecified atom stereocenters. The molecule has 0 radical (unpaired) electrons. The number of aromatic amines is 1. The molecule has 0 aliphatic carbocycles. The number of carbonyl (C=O) groups is 2. The Morgan fingerprint density at radius 1 is 0.809 bits per heavy atom. The first kappa shape index (κ1) is 31.8. The molecule has 2 fully saturated rings. The predicted molar refractivity (Wildman–Crippen MR) is 180 cm³/mol. The van der Waals surface area contributed by atoms with E-state index in [2.05, 4.69) is 28.7 Å². The number of imidazole rings is 2. The molecule has 4 heterocycles. The van der Waals surface area contributed by atoms with Crippen LogP contribution < -0.4 is 5.84 Å². The molecule has 2 atom stereocenters. The topological polar surface area (TPSA) is 132 Å². The monoisotopic (exact) mass is 635 g/mol. The summed E-state index contributed by atoms with van der Waals surface area (Å²) >= 11 is 0. The van der Waals surface area contributed by atoms with Gasteiger partial charge < -0.3 is 20.3 Å². The number of nitrogens with zero attached hydrogens (tertiary/aromatic N) is 5. The second-order valence-electron chi connectivity index (χ2n) is 14.1. The lowest BCUT2D eigenvalue weighted by Crippen LogP contribution is -2.37. The molecule has 6 rings (SSSR count). The van der Waals surface area contributed by atoms with Gasteiger partial charge in [0.05, 0.1) is 34.2 Å². The van der Waals surface area contributed by atoms with Crippen molar-refractivity contribution >= 4 is 34.3 Å². The van der Waals surface area contributed by atoms with Gasteiger partial charge in [-0.15, -0.1) is 0 Å². The fraction of sp³-hybridized carbons (Fsp3) is 0.444. The molecule has 3 N–H and O–H groups in total. The van der Waals surface area contributed by atoms with E-state index >= 15 is 0 Å². The largest absolute Gasteiger partial charge is 0.444 e. The van der Waals surface area contributed by atoms with E-state index in [1.807, 2.05) is 77.9 Å². The Kier molecular flexibility index (Phi) is 8.27. The van der Waals surface area contributed by atoms with Gasteiger partial charge in [0, 0.05) is 24.2 Å². The van der Waals surface area contributed by atoms with Crippen molar-refractivity contribution in [3.8, 4) is 23.7 Å². The molecule has 2 aliphatic heterocycles. The number of nitrogen functional groups attached to an aromatic ring is 1. The molecule has 244 valence electrons. The van der Waals surface area contributed by atoms with Crippen molar-refractivity contribution < 1.29 is 19.1 Å². The van der Waals surface area contributed by atoms with E-state index in [9.17, 15) is 9.59 Å². The Labute approximate surface area is 274 Å². The lowest BCUT2D eigenvalue weighted by molar-refractivity contribution is 0.0207. The highest BCUT2D eigenvalue weighted by molar-refractivity contribution is 5.79. The number of amides is 2. The molecular weight excluding hydrogens is 594 g/mol. The van der Waals surface area contributed by atoms with E-state index in [4.69, 9.17) is 25.3 Å². The van der Waals surface area contributed by atoms with Crippen LogP contribution >= 0.6 is 0 Å². The van der Waals surface area contributed by atoms with Crippen molar-refractivity contribution in [3.63, 3.8) is 0 Å².